The maximum Gasteiger partial charge on any atom is 0.200 e. The third-order valence-corrected chi connectivity index (χ3v) is 2.81. The second-order valence-corrected chi connectivity index (χ2v) is 4.53. The summed E-state index contributed by atoms with van der Waals surface area (Å²) in [6, 6.07) is 2.46. The lowest BCUT2D eigenvalue weighted by atomic mass is 10.2. The molecule has 1 atom stereocenters. The van der Waals surface area contributed by atoms with E-state index in [-0.39, 0.29) is 5.75 Å². The van der Waals surface area contributed by atoms with Crippen LogP contribution in [-0.4, -0.2) is 12.9 Å². The zero-order valence-corrected chi connectivity index (χ0v) is 10.1. The van der Waals surface area contributed by atoms with Gasteiger partial charge in [0.15, 0.2) is 17.9 Å². The van der Waals surface area contributed by atoms with Crippen molar-refractivity contribution in [3.63, 3.8) is 0 Å². The number of benzene rings is 1. The summed E-state index contributed by atoms with van der Waals surface area (Å²) in [5.74, 6) is -2.02. The van der Waals surface area contributed by atoms with Crippen molar-refractivity contribution < 1.29 is 18.3 Å². The molecule has 0 bridgehead atoms. The first-order valence-electron chi connectivity index (χ1n) is 5.09. The Kier molecular flexibility index (Phi) is 3.76. The Morgan fingerprint density at radius 1 is 1.31 bits per heavy atom. The number of ether oxygens (including phenoxy) is 2. The highest BCUT2D eigenvalue weighted by atomic mass is 79.9. The summed E-state index contributed by atoms with van der Waals surface area (Å²) < 4.78 is 37.4. The van der Waals surface area contributed by atoms with E-state index in [1.165, 1.54) is 6.07 Å². The predicted octanol–water partition coefficient (Wildman–Crippen LogP) is 3.63. The number of hydrogen-bond donors (Lipinski definition) is 0. The number of rotatable bonds is 2. The summed E-state index contributed by atoms with van der Waals surface area (Å²) in [7, 11) is 0. The average molecular weight is 293 g/mol. The highest BCUT2D eigenvalue weighted by Crippen LogP contribution is 2.27. The Morgan fingerprint density at radius 2 is 2.12 bits per heavy atom. The van der Waals surface area contributed by atoms with Crippen LogP contribution in [0, 0.1) is 11.6 Å². The zero-order valence-electron chi connectivity index (χ0n) is 8.51. The van der Waals surface area contributed by atoms with Crippen LogP contribution in [0.15, 0.2) is 16.6 Å². The van der Waals surface area contributed by atoms with Gasteiger partial charge in [-0.2, -0.15) is 4.39 Å². The molecule has 1 aromatic carbocycles. The topological polar surface area (TPSA) is 18.5 Å². The molecule has 1 heterocycles. The molecular weight excluding hydrogens is 282 g/mol. The maximum absolute atomic E-state index is 13.4. The third kappa shape index (κ3) is 2.71. The van der Waals surface area contributed by atoms with Gasteiger partial charge in [0.25, 0.3) is 0 Å². The van der Waals surface area contributed by atoms with Crippen LogP contribution in [0.4, 0.5) is 8.78 Å². The monoisotopic (exact) mass is 292 g/mol. The van der Waals surface area contributed by atoms with E-state index < -0.39 is 17.9 Å². The van der Waals surface area contributed by atoms with Gasteiger partial charge in [-0.05, 0) is 25.0 Å². The van der Waals surface area contributed by atoms with Crippen LogP contribution < -0.4 is 4.74 Å². The van der Waals surface area contributed by atoms with Crippen LogP contribution in [0.2, 0.25) is 0 Å². The van der Waals surface area contributed by atoms with E-state index in [0.717, 1.165) is 18.9 Å². The molecule has 2 nitrogen and oxygen atoms in total. The molecule has 0 aliphatic carbocycles. The summed E-state index contributed by atoms with van der Waals surface area (Å²) in [5, 5.41) is 0. The van der Waals surface area contributed by atoms with Crippen molar-refractivity contribution in [1.82, 2.24) is 0 Å². The van der Waals surface area contributed by atoms with Crippen LogP contribution in [0.1, 0.15) is 19.3 Å². The van der Waals surface area contributed by atoms with Crippen LogP contribution in [0.25, 0.3) is 0 Å². The van der Waals surface area contributed by atoms with E-state index in [1.807, 2.05) is 0 Å². The minimum atomic E-state index is -0.975. The van der Waals surface area contributed by atoms with Gasteiger partial charge in [0.1, 0.15) is 0 Å². The molecule has 0 N–H and O–H groups in total. The Balaban J connectivity index is 2.13. The van der Waals surface area contributed by atoms with E-state index in [2.05, 4.69) is 15.9 Å². The molecule has 0 radical (unpaired) electrons. The maximum atomic E-state index is 13.4. The molecule has 1 fully saturated rings. The standard InChI is InChI=1S/C11H11BrF2O2/c12-7-5-8(13)11(14)9(6-7)16-10-3-1-2-4-15-10/h5-6,10H,1-4H2. The minimum Gasteiger partial charge on any atom is -0.462 e. The van der Waals surface area contributed by atoms with Crippen molar-refractivity contribution in [3.05, 3.63) is 28.2 Å². The molecule has 0 aromatic heterocycles. The lowest BCUT2D eigenvalue weighted by molar-refractivity contribution is -0.107. The Labute approximate surface area is 101 Å². The molecule has 1 aromatic rings. The van der Waals surface area contributed by atoms with Gasteiger partial charge in [-0.15, -0.1) is 0 Å². The molecule has 0 spiro atoms. The van der Waals surface area contributed by atoms with Crippen molar-refractivity contribution in [3.8, 4) is 5.75 Å². The van der Waals surface area contributed by atoms with E-state index in [1.54, 1.807) is 0 Å². The van der Waals surface area contributed by atoms with Gasteiger partial charge in [-0.3, -0.25) is 0 Å². The van der Waals surface area contributed by atoms with Crippen LogP contribution in [0.3, 0.4) is 0 Å². The molecule has 1 unspecified atom stereocenters. The lowest BCUT2D eigenvalue weighted by Crippen LogP contribution is -2.25. The largest absolute Gasteiger partial charge is 0.462 e. The summed E-state index contributed by atoms with van der Waals surface area (Å²) >= 11 is 3.08. The summed E-state index contributed by atoms with van der Waals surface area (Å²) in [6.07, 6.45) is 2.18. The van der Waals surface area contributed by atoms with Gasteiger partial charge in [0, 0.05) is 10.9 Å². The zero-order chi connectivity index (χ0) is 11.5. The fourth-order valence-electron chi connectivity index (χ4n) is 1.56. The van der Waals surface area contributed by atoms with Crippen molar-refractivity contribution >= 4 is 15.9 Å². The fraction of sp³-hybridized carbons (Fsp3) is 0.455. The normalized spacial score (nSPS) is 20.8. The molecule has 0 saturated carbocycles. The molecule has 1 saturated heterocycles. The van der Waals surface area contributed by atoms with Crippen molar-refractivity contribution in [1.29, 1.82) is 0 Å². The van der Waals surface area contributed by atoms with Crippen molar-refractivity contribution in [2.75, 3.05) is 6.61 Å². The van der Waals surface area contributed by atoms with Crippen LogP contribution in [-0.2, 0) is 4.74 Å². The smallest absolute Gasteiger partial charge is 0.200 e. The van der Waals surface area contributed by atoms with Gasteiger partial charge < -0.3 is 9.47 Å². The van der Waals surface area contributed by atoms with E-state index in [4.69, 9.17) is 9.47 Å². The molecule has 1 aliphatic rings. The van der Waals surface area contributed by atoms with E-state index >= 15 is 0 Å². The van der Waals surface area contributed by atoms with Crippen molar-refractivity contribution in [2.45, 2.75) is 25.6 Å². The number of hydrogen-bond acceptors (Lipinski definition) is 2. The molecular formula is C11H11BrF2O2. The van der Waals surface area contributed by atoms with Gasteiger partial charge >= 0.3 is 0 Å². The quantitative estimate of drug-likeness (QED) is 0.775. The minimum absolute atomic E-state index is 0.112. The Bertz CT molecular complexity index is 378. The van der Waals surface area contributed by atoms with Crippen molar-refractivity contribution in [2.24, 2.45) is 0 Å². The highest BCUT2D eigenvalue weighted by molar-refractivity contribution is 9.10. The summed E-state index contributed by atoms with van der Waals surface area (Å²) in [6.45, 7) is 0.600. The first kappa shape index (κ1) is 11.8. The molecule has 2 rings (SSSR count). The highest BCUT2D eigenvalue weighted by Gasteiger charge is 2.19. The predicted molar refractivity (Wildman–Crippen MR) is 58.3 cm³/mol. The molecule has 1 aliphatic heterocycles. The van der Waals surface area contributed by atoms with Gasteiger partial charge in [-0.25, -0.2) is 4.39 Å². The van der Waals surface area contributed by atoms with Crippen LogP contribution in [0.5, 0.6) is 5.75 Å². The van der Waals surface area contributed by atoms with Gasteiger partial charge in [0.2, 0.25) is 5.82 Å². The van der Waals surface area contributed by atoms with Gasteiger partial charge in [-0.1, -0.05) is 15.9 Å². The molecule has 5 heteroatoms. The van der Waals surface area contributed by atoms with Crippen LogP contribution >= 0.6 is 15.9 Å². The van der Waals surface area contributed by atoms with E-state index in [0.29, 0.717) is 17.5 Å². The van der Waals surface area contributed by atoms with Gasteiger partial charge in [0.05, 0.1) is 6.61 Å². The first-order valence-corrected chi connectivity index (χ1v) is 5.89. The second kappa shape index (κ2) is 5.10. The number of halogens is 3. The average Bonchev–Trinajstić information content (AvgIpc) is 2.27. The second-order valence-electron chi connectivity index (χ2n) is 3.61. The molecule has 16 heavy (non-hydrogen) atoms. The molecule has 0 amide bonds. The fourth-order valence-corrected chi connectivity index (χ4v) is 1.97. The SMILES string of the molecule is Fc1cc(Br)cc(OC2CCCCO2)c1F. The Morgan fingerprint density at radius 3 is 2.81 bits per heavy atom. The lowest BCUT2D eigenvalue weighted by Gasteiger charge is -2.23. The summed E-state index contributed by atoms with van der Waals surface area (Å²) in [4.78, 5) is 0. The first-order chi connectivity index (χ1) is 7.66. The Hall–Kier alpha value is -0.680. The molecule has 88 valence electrons. The van der Waals surface area contributed by atoms with E-state index in [9.17, 15) is 8.78 Å². The third-order valence-electron chi connectivity index (χ3n) is 2.36. The summed E-state index contributed by atoms with van der Waals surface area (Å²) in [5.41, 5.74) is 0.